The van der Waals surface area contributed by atoms with E-state index in [-0.39, 0.29) is 17.8 Å². The van der Waals surface area contributed by atoms with E-state index in [1.165, 1.54) is 5.40 Å². The molecule has 1 aromatic rings. The first kappa shape index (κ1) is 10.2. The summed E-state index contributed by atoms with van der Waals surface area (Å²) in [6.07, 6.45) is 0. The summed E-state index contributed by atoms with van der Waals surface area (Å²) in [4.78, 5) is 10.5. The average Bonchev–Trinajstić information content (AvgIpc) is 1.84. The van der Waals surface area contributed by atoms with Gasteiger partial charge in [0.05, 0.1) is 0 Å². The van der Waals surface area contributed by atoms with Crippen LogP contribution in [0.15, 0.2) is 0 Å². The number of nitrogens with two attached hydrogens (primary N) is 3. The highest BCUT2D eigenvalue weighted by Crippen LogP contribution is 1.97. The molecule has 1 aromatic heterocycles. The van der Waals surface area contributed by atoms with E-state index >= 15 is 0 Å². The molecule has 0 saturated carbocycles. The Morgan fingerprint density at radius 3 is 1.33 bits per heavy atom. The maximum absolute atomic E-state index is 7.18. The molecule has 0 unspecified atom stereocenters. The Morgan fingerprint density at radius 2 is 1.17 bits per heavy atom. The fourth-order valence-electron chi connectivity index (χ4n) is 0.427. The molecular weight excluding hydrogens is 178 g/mol. The highest BCUT2D eigenvalue weighted by molar-refractivity contribution is 7.85. The quantitative estimate of drug-likeness (QED) is 0.300. The van der Waals surface area contributed by atoms with Crippen molar-refractivity contribution in [1.29, 1.82) is 5.26 Å². The molecule has 6 N–H and O–H groups in total. The third kappa shape index (κ3) is 4.13. The fourth-order valence-corrected chi connectivity index (χ4v) is 0.427. The molecule has 1 heterocycles. The van der Waals surface area contributed by atoms with Crippen molar-refractivity contribution in [2.75, 3.05) is 17.2 Å². The number of hydrogen-bond acceptors (Lipinski definition) is 8. The standard InChI is InChI=1S/C3H6N6.CHNS/c4-1-7-2(5)9-3(6)8-1;2-1-3/h(H6,4,5,6,7,8,9);3H. The minimum atomic E-state index is 0.0417. The lowest BCUT2D eigenvalue weighted by Crippen LogP contribution is -2.05. The smallest absolute Gasteiger partial charge is 0.226 e. The fraction of sp³-hybridized carbons (Fsp3) is 0. The van der Waals surface area contributed by atoms with Gasteiger partial charge in [0, 0.05) is 0 Å². The van der Waals surface area contributed by atoms with Crippen LogP contribution in [0.4, 0.5) is 17.8 Å². The minimum Gasteiger partial charge on any atom is -0.368 e. The SMILES string of the molecule is N#CS.Nc1nc(N)nc(N)n1. The molecule has 0 saturated heterocycles. The largest absolute Gasteiger partial charge is 0.368 e. The van der Waals surface area contributed by atoms with Gasteiger partial charge in [-0.25, -0.2) is 0 Å². The summed E-state index contributed by atoms with van der Waals surface area (Å²) in [5.41, 5.74) is 15.4. The number of rotatable bonds is 0. The lowest BCUT2D eigenvalue weighted by atomic mass is 10.9. The van der Waals surface area contributed by atoms with Gasteiger partial charge in [0.1, 0.15) is 5.40 Å². The first-order chi connectivity index (χ1) is 5.60. The maximum Gasteiger partial charge on any atom is 0.226 e. The van der Waals surface area contributed by atoms with Gasteiger partial charge in [-0.15, -0.1) is 0 Å². The van der Waals surface area contributed by atoms with Gasteiger partial charge >= 0.3 is 0 Å². The van der Waals surface area contributed by atoms with E-state index in [1.807, 2.05) is 0 Å². The molecule has 0 aliphatic carbocycles. The van der Waals surface area contributed by atoms with Gasteiger partial charge in [-0.1, -0.05) is 12.6 Å². The Labute approximate surface area is 74.0 Å². The monoisotopic (exact) mass is 185 g/mol. The predicted molar refractivity (Wildman–Crippen MR) is 47.7 cm³/mol. The molecule has 8 heteroatoms. The summed E-state index contributed by atoms with van der Waals surface area (Å²) >= 11 is 3.09. The van der Waals surface area contributed by atoms with E-state index in [1.54, 1.807) is 0 Å². The Bertz CT molecular complexity index is 241. The van der Waals surface area contributed by atoms with E-state index < -0.39 is 0 Å². The van der Waals surface area contributed by atoms with Gasteiger partial charge in [-0.2, -0.15) is 20.2 Å². The summed E-state index contributed by atoms with van der Waals surface area (Å²) in [7, 11) is 0. The molecule has 64 valence electrons. The molecule has 0 amide bonds. The number of aromatic nitrogens is 3. The van der Waals surface area contributed by atoms with Crippen molar-refractivity contribution in [3.8, 4) is 5.40 Å². The van der Waals surface area contributed by atoms with Crippen molar-refractivity contribution in [1.82, 2.24) is 15.0 Å². The molecular formula is C4H7N7S. The van der Waals surface area contributed by atoms with Gasteiger partial charge in [0.25, 0.3) is 0 Å². The van der Waals surface area contributed by atoms with Crippen LogP contribution >= 0.6 is 12.6 Å². The van der Waals surface area contributed by atoms with Crippen LogP contribution in [0, 0.1) is 10.7 Å². The van der Waals surface area contributed by atoms with E-state index in [2.05, 4.69) is 27.6 Å². The van der Waals surface area contributed by atoms with Crippen LogP contribution in [0.2, 0.25) is 0 Å². The molecule has 0 aliphatic rings. The van der Waals surface area contributed by atoms with Crippen molar-refractivity contribution < 1.29 is 0 Å². The van der Waals surface area contributed by atoms with Crippen LogP contribution < -0.4 is 17.2 Å². The summed E-state index contributed by atoms with van der Waals surface area (Å²) in [6.45, 7) is 0. The van der Waals surface area contributed by atoms with Crippen LogP contribution in [0.25, 0.3) is 0 Å². The van der Waals surface area contributed by atoms with Crippen molar-refractivity contribution >= 4 is 30.5 Å². The first-order valence-electron chi connectivity index (χ1n) is 2.65. The molecule has 0 radical (unpaired) electrons. The van der Waals surface area contributed by atoms with Gasteiger partial charge in [-0.05, 0) is 0 Å². The number of nitrogen functional groups attached to an aromatic ring is 3. The van der Waals surface area contributed by atoms with Crippen LogP contribution in [0.3, 0.4) is 0 Å². The third-order valence-electron chi connectivity index (χ3n) is 0.687. The van der Waals surface area contributed by atoms with Crippen molar-refractivity contribution in [2.45, 2.75) is 0 Å². The Hall–Kier alpha value is -1.75. The van der Waals surface area contributed by atoms with Crippen molar-refractivity contribution in [2.24, 2.45) is 0 Å². The van der Waals surface area contributed by atoms with E-state index in [9.17, 15) is 0 Å². The maximum atomic E-state index is 7.18. The second-order valence-electron chi connectivity index (χ2n) is 1.51. The third-order valence-corrected chi connectivity index (χ3v) is 0.687. The van der Waals surface area contributed by atoms with Crippen LogP contribution in [0.1, 0.15) is 0 Å². The Kier molecular flexibility index (Phi) is 4.25. The highest BCUT2D eigenvalue weighted by atomic mass is 32.1. The molecule has 0 aromatic carbocycles. The van der Waals surface area contributed by atoms with Crippen LogP contribution in [0.5, 0.6) is 0 Å². The molecule has 12 heavy (non-hydrogen) atoms. The minimum absolute atomic E-state index is 0.0417. The van der Waals surface area contributed by atoms with Crippen LogP contribution in [-0.2, 0) is 0 Å². The van der Waals surface area contributed by atoms with Crippen molar-refractivity contribution in [3.63, 3.8) is 0 Å². The molecule has 0 fully saturated rings. The Morgan fingerprint density at radius 1 is 1.00 bits per heavy atom. The van der Waals surface area contributed by atoms with Gasteiger partial charge in [0.2, 0.25) is 17.8 Å². The second kappa shape index (κ2) is 4.97. The zero-order valence-corrected chi connectivity index (χ0v) is 6.86. The van der Waals surface area contributed by atoms with Gasteiger partial charge < -0.3 is 17.2 Å². The number of anilines is 3. The zero-order chi connectivity index (χ0) is 9.56. The molecule has 0 spiro atoms. The summed E-state index contributed by atoms with van der Waals surface area (Å²) in [6, 6.07) is 0. The lowest BCUT2D eigenvalue weighted by Gasteiger charge is -1.93. The number of nitrogens with zero attached hydrogens (tertiary/aromatic N) is 4. The molecule has 0 aliphatic heterocycles. The average molecular weight is 185 g/mol. The lowest BCUT2D eigenvalue weighted by molar-refractivity contribution is 1.09. The predicted octanol–water partition coefficient (Wildman–Crippen LogP) is -0.985. The molecule has 7 nitrogen and oxygen atoms in total. The number of nitriles is 1. The first-order valence-corrected chi connectivity index (χ1v) is 3.10. The zero-order valence-electron chi connectivity index (χ0n) is 5.97. The van der Waals surface area contributed by atoms with E-state index in [0.717, 1.165) is 0 Å². The van der Waals surface area contributed by atoms with E-state index in [0.29, 0.717) is 0 Å². The molecule has 1 rings (SSSR count). The highest BCUT2D eigenvalue weighted by Gasteiger charge is 1.93. The van der Waals surface area contributed by atoms with Gasteiger partial charge in [0.15, 0.2) is 0 Å². The number of thiocyanates is 1. The summed E-state index contributed by atoms with van der Waals surface area (Å²) in [5.74, 6) is 0.125. The topological polar surface area (TPSA) is 141 Å². The molecule has 0 atom stereocenters. The summed E-state index contributed by atoms with van der Waals surface area (Å²) in [5, 5.41) is 8.63. The number of hydrogen-bond donors (Lipinski definition) is 4. The normalized spacial score (nSPS) is 7.67. The van der Waals surface area contributed by atoms with Gasteiger partial charge in [-0.3, -0.25) is 0 Å². The molecule has 0 bridgehead atoms. The number of thiol groups is 1. The Balaban J connectivity index is 0.000000354. The van der Waals surface area contributed by atoms with Crippen molar-refractivity contribution in [3.05, 3.63) is 0 Å². The van der Waals surface area contributed by atoms with Crippen LogP contribution in [-0.4, -0.2) is 15.0 Å². The van der Waals surface area contributed by atoms with E-state index in [4.69, 9.17) is 22.5 Å². The summed E-state index contributed by atoms with van der Waals surface area (Å²) < 4.78 is 0. The second-order valence-corrected chi connectivity index (χ2v) is 1.71.